The monoisotopic (exact) mass is 153 g/mol. The normalized spacial score (nSPS) is 25.5. The Balaban J connectivity index is 2.51. The summed E-state index contributed by atoms with van der Waals surface area (Å²) in [6, 6.07) is 0. The lowest BCUT2D eigenvalue weighted by atomic mass is 10.0. The van der Waals surface area contributed by atoms with Gasteiger partial charge in [0.25, 0.3) is 0 Å². The van der Waals surface area contributed by atoms with Gasteiger partial charge in [0.05, 0.1) is 0 Å². The SMILES string of the molecule is C=C(N)/C=C(\N)C1CCNC1. The largest absolute Gasteiger partial charge is 0.402 e. The Morgan fingerprint density at radius 1 is 1.55 bits per heavy atom. The summed E-state index contributed by atoms with van der Waals surface area (Å²) < 4.78 is 0. The Bertz CT molecular complexity index is 178. The van der Waals surface area contributed by atoms with E-state index in [1.807, 2.05) is 0 Å². The first-order valence-corrected chi connectivity index (χ1v) is 3.82. The van der Waals surface area contributed by atoms with Crippen LogP contribution in [0.15, 0.2) is 24.0 Å². The molecular formula is C8H15N3. The maximum absolute atomic E-state index is 5.76. The molecule has 1 aliphatic rings. The van der Waals surface area contributed by atoms with Crippen molar-refractivity contribution in [1.82, 2.24) is 5.32 Å². The van der Waals surface area contributed by atoms with Gasteiger partial charge in [0, 0.05) is 23.9 Å². The molecule has 0 spiro atoms. The Labute approximate surface area is 67.1 Å². The molecule has 5 N–H and O–H groups in total. The molecule has 0 aliphatic carbocycles. The highest BCUT2D eigenvalue weighted by Gasteiger charge is 2.16. The van der Waals surface area contributed by atoms with Crippen molar-refractivity contribution in [3.05, 3.63) is 24.0 Å². The van der Waals surface area contributed by atoms with Gasteiger partial charge >= 0.3 is 0 Å². The molecule has 0 aromatic rings. The van der Waals surface area contributed by atoms with E-state index in [9.17, 15) is 0 Å². The van der Waals surface area contributed by atoms with Gasteiger partial charge in [0.1, 0.15) is 0 Å². The Morgan fingerprint density at radius 2 is 2.27 bits per heavy atom. The fourth-order valence-electron chi connectivity index (χ4n) is 1.27. The van der Waals surface area contributed by atoms with E-state index in [2.05, 4.69) is 11.9 Å². The molecule has 62 valence electrons. The summed E-state index contributed by atoms with van der Waals surface area (Å²) >= 11 is 0. The third-order valence-corrected chi connectivity index (χ3v) is 1.88. The first-order valence-electron chi connectivity index (χ1n) is 3.82. The molecule has 1 saturated heterocycles. The highest BCUT2D eigenvalue weighted by Crippen LogP contribution is 2.13. The maximum Gasteiger partial charge on any atom is 0.0258 e. The fourth-order valence-corrected chi connectivity index (χ4v) is 1.27. The van der Waals surface area contributed by atoms with Crippen LogP contribution in [-0.2, 0) is 0 Å². The second kappa shape index (κ2) is 3.44. The summed E-state index contributed by atoms with van der Waals surface area (Å²) in [5, 5.41) is 3.24. The van der Waals surface area contributed by atoms with Gasteiger partial charge < -0.3 is 16.8 Å². The molecule has 1 unspecified atom stereocenters. The first kappa shape index (κ1) is 8.14. The summed E-state index contributed by atoms with van der Waals surface area (Å²) in [5.74, 6) is 0.454. The van der Waals surface area contributed by atoms with E-state index in [-0.39, 0.29) is 0 Å². The third kappa shape index (κ3) is 2.27. The summed E-state index contributed by atoms with van der Waals surface area (Å²) in [4.78, 5) is 0. The molecule has 0 bridgehead atoms. The first-order chi connectivity index (χ1) is 5.20. The van der Waals surface area contributed by atoms with Crippen molar-refractivity contribution in [2.75, 3.05) is 13.1 Å². The van der Waals surface area contributed by atoms with Crippen LogP contribution in [0.4, 0.5) is 0 Å². The molecule has 0 saturated carbocycles. The minimum Gasteiger partial charge on any atom is -0.402 e. The highest BCUT2D eigenvalue weighted by atomic mass is 14.9. The molecule has 1 atom stereocenters. The van der Waals surface area contributed by atoms with E-state index in [1.165, 1.54) is 0 Å². The predicted octanol–water partition coefficient (Wildman–Crippen LogP) is -0.0891. The summed E-state index contributed by atoms with van der Waals surface area (Å²) in [6.07, 6.45) is 2.85. The molecule has 11 heavy (non-hydrogen) atoms. The van der Waals surface area contributed by atoms with E-state index < -0.39 is 0 Å². The summed E-state index contributed by atoms with van der Waals surface area (Å²) in [6.45, 7) is 5.59. The molecule has 1 aliphatic heterocycles. The molecule has 3 nitrogen and oxygen atoms in total. The number of rotatable bonds is 2. The topological polar surface area (TPSA) is 64.1 Å². The van der Waals surface area contributed by atoms with Crippen LogP contribution in [0.25, 0.3) is 0 Å². The molecule has 0 radical (unpaired) electrons. The van der Waals surface area contributed by atoms with E-state index in [0.29, 0.717) is 11.6 Å². The van der Waals surface area contributed by atoms with E-state index in [4.69, 9.17) is 11.5 Å². The zero-order valence-electron chi connectivity index (χ0n) is 6.64. The molecule has 1 rings (SSSR count). The van der Waals surface area contributed by atoms with E-state index >= 15 is 0 Å². The number of hydrogen-bond donors (Lipinski definition) is 3. The van der Waals surface area contributed by atoms with Gasteiger partial charge in [-0.25, -0.2) is 0 Å². The predicted molar refractivity (Wildman–Crippen MR) is 46.6 cm³/mol. The van der Waals surface area contributed by atoms with Gasteiger partial charge in [-0.1, -0.05) is 6.58 Å². The molecule has 0 aromatic carbocycles. The number of hydrogen-bond acceptors (Lipinski definition) is 3. The van der Waals surface area contributed by atoms with Crippen molar-refractivity contribution in [3.8, 4) is 0 Å². The standard InChI is InChI=1S/C8H15N3/c1-6(9)4-8(10)7-2-3-11-5-7/h4,7,11H,1-3,5,9-10H2/b8-4-. The molecule has 3 heteroatoms. The van der Waals surface area contributed by atoms with Gasteiger partial charge in [-0.3, -0.25) is 0 Å². The average molecular weight is 153 g/mol. The zero-order chi connectivity index (χ0) is 8.27. The van der Waals surface area contributed by atoms with E-state index in [1.54, 1.807) is 6.08 Å². The lowest BCUT2D eigenvalue weighted by Gasteiger charge is -2.07. The smallest absolute Gasteiger partial charge is 0.0258 e. The average Bonchev–Trinajstić information content (AvgIpc) is 2.35. The van der Waals surface area contributed by atoms with Gasteiger partial charge in [0.2, 0.25) is 0 Å². The second-order valence-electron chi connectivity index (χ2n) is 2.91. The van der Waals surface area contributed by atoms with Crippen molar-refractivity contribution in [3.63, 3.8) is 0 Å². The number of nitrogens with two attached hydrogens (primary N) is 2. The Morgan fingerprint density at radius 3 is 2.73 bits per heavy atom. The zero-order valence-corrected chi connectivity index (χ0v) is 6.64. The van der Waals surface area contributed by atoms with Gasteiger partial charge in [-0.05, 0) is 19.0 Å². The van der Waals surface area contributed by atoms with Crippen LogP contribution in [0.1, 0.15) is 6.42 Å². The van der Waals surface area contributed by atoms with Crippen LogP contribution < -0.4 is 16.8 Å². The van der Waals surface area contributed by atoms with Gasteiger partial charge in [0.15, 0.2) is 0 Å². The van der Waals surface area contributed by atoms with Crippen LogP contribution >= 0.6 is 0 Å². The lowest BCUT2D eigenvalue weighted by Crippen LogP contribution is -2.16. The molecule has 0 aromatic heterocycles. The Hall–Kier alpha value is -0.960. The molecule has 0 amide bonds. The van der Waals surface area contributed by atoms with Crippen LogP contribution in [-0.4, -0.2) is 13.1 Å². The minimum absolute atomic E-state index is 0.454. The van der Waals surface area contributed by atoms with Crippen molar-refractivity contribution in [2.45, 2.75) is 6.42 Å². The molecular weight excluding hydrogens is 138 g/mol. The third-order valence-electron chi connectivity index (χ3n) is 1.88. The van der Waals surface area contributed by atoms with Crippen molar-refractivity contribution in [1.29, 1.82) is 0 Å². The van der Waals surface area contributed by atoms with Crippen LogP contribution in [0.3, 0.4) is 0 Å². The van der Waals surface area contributed by atoms with Crippen LogP contribution in [0.2, 0.25) is 0 Å². The summed E-state index contributed by atoms with van der Waals surface area (Å²) in [7, 11) is 0. The molecule has 1 fully saturated rings. The maximum atomic E-state index is 5.76. The number of nitrogens with one attached hydrogen (secondary N) is 1. The van der Waals surface area contributed by atoms with Gasteiger partial charge in [-0.15, -0.1) is 0 Å². The van der Waals surface area contributed by atoms with E-state index in [0.717, 1.165) is 25.2 Å². The van der Waals surface area contributed by atoms with Crippen molar-refractivity contribution >= 4 is 0 Å². The van der Waals surface area contributed by atoms with Crippen LogP contribution in [0, 0.1) is 5.92 Å². The van der Waals surface area contributed by atoms with Gasteiger partial charge in [-0.2, -0.15) is 0 Å². The fraction of sp³-hybridized carbons (Fsp3) is 0.500. The lowest BCUT2D eigenvalue weighted by molar-refractivity contribution is 0.672. The number of allylic oxidation sites excluding steroid dienone is 1. The quantitative estimate of drug-likeness (QED) is 0.486. The highest BCUT2D eigenvalue weighted by molar-refractivity contribution is 5.18. The second-order valence-corrected chi connectivity index (χ2v) is 2.91. The van der Waals surface area contributed by atoms with Crippen molar-refractivity contribution in [2.24, 2.45) is 17.4 Å². The minimum atomic E-state index is 0.454. The van der Waals surface area contributed by atoms with Crippen LogP contribution in [0.5, 0.6) is 0 Å². The van der Waals surface area contributed by atoms with Crippen molar-refractivity contribution < 1.29 is 0 Å². The Kier molecular flexibility index (Phi) is 2.54. The summed E-state index contributed by atoms with van der Waals surface area (Å²) in [5.41, 5.74) is 12.5. The molecule has 1 heterocycles.